The second-order valence-electron chi connectivity index (χ2n) is 5.88. The molecule has 1 aromatic carbocycles. The number of non-ortho nitro benzene ring substituents is 1. The molecule has 0 unspecified atom stereocenters. The van der Waals surface area contributed by atoms with E-state index < -0.39 is 43.7 Å². The van der Waals surface area contributed by atoms with Gasteiger partial charge in [-0.05, 0) is 31.8 Å². The number of nitro groups is 3. The highest BCUT2D eigenvalue weighted by Crippen LogP contribution is 2.42. The van der Waals surface area contributed by atoms with Crippen LogP contribution in [-0.4, -0.2) is 45.4 Å². The minimum absolute atomic E-state index is 0.171. The molecule has 2 bridgehead atoms. The molecule has 0 saturated carbocycles. The van der Waals surface area contributed by atoms with E-state index in [9.17, 15) is 30.3 Å². The SMILES string of the molecule is O=[N+]([O-])c1cc([N+](=O)[O-])c(O[C@@H]2CN3CCC2CC3)c([N+](=O)[O-])c1. The molecule has 1 atom stereocenters. The molecule has 3 fully saturated rings. The molecule has 0 N–H and O–H groups in total. The van der Waals surface area contributed by atoms with E-state index in [0.717, 1.165) is 25.9 Å². The first kappa shape index (κ1) is 16.1. The predicted molar refractivity (Wildman–Crippen MR) is 80.0 cm³/mol. The molecule has 3 aliphatic heterocycles. The molecule has 3 heterocycles. The lowest BCUT2D eigenvalue weighted by atomic mass is 9.86. The van der Waals surface area contributed by atoms with Gasteiger partial charge in [-0.2, -0.15) is 0 Å². The maximum Gasteiger partial charge on any atom is 0.325 e. The van der Waals surface area contributed by atoms with E-state index in [2.05, 4.69) is 4.90 Å². The molecule has 0 spiro atoms. The topological polar surface area (TPSA) is 142 Å². The Morgan fingerprint density at radius 1 is 0.958 bits per heavy atom. The zero-order valence-corrected chi connectivity index (χ0v) is 12.5. The summed E-state index contributed by atoms with van der Waals surface area (Å²) in [5.74, 6) is -0.334. The minimum Gasteiger partial charge on any atom is -0.477 e. The van der Waals surface area contributed by atoms with Crippen molar-refractivity contribution in [2.75, 3.05) is 19.6 Å². The van der Waals surface area contributed by atoms with Crippen LogP contribution < -0.4 is 4.74 Å². The summed E-state index contributed by atoms with van der Waals surface area (Å²) in [4.78, 5) is 32.8. The molecule has 24 heavy (non-hydrogen) atoms. The molecule has 0 aliphatic carbocycles. The minimum atomic E-state index is -0.905. The summed E-state index contributed by atoms with van der Waals surface area (Å²) >= 11 is 0. The molecule has 0 radical (unpaired) electrons. The van der Waals surface area contributed by atoms with Crippen molar-refractivity contribution in [1.82, 2.24) is 4.90 Å². The fourth-order valence-electron chi connectivity index (χ4n) is 3.28. The monoisotopic (exact) mass is 338 g/mol. The maximum atomic E-state index is 11.2. The fourth-order valence-corrected chi connectivity index (χ4v) is 3.28. The number of nitro benzene ring substituents is 3. The van der Waals surface area contributed by atoms with Crippen LogP contribution in [0.4, 0.5) is 17.1 Å². The van der Waals surface area contributed by atoms with Gasteiger partial charge >= 0.3 is 11.4 Å². The molecule has 4 rings (SSSR count). The Balaban J connectivity index is 2.03. The molecule has 1 aromatic rings. The lowest BCUT2D eigenvalue weighted by Gasteiger charge is -2.44. The number of piperidine rings is 3. The van der Waals surface area contributed by atoms with E-state index in [-0.39, 0.29) is 5.92 Å². The summed E-state index contributed by atoms with van der Waals surface area (Å²) in [6, 6.07) is 1.40. The van der Waals surface area contributed by atoms with Crippen molar-refractivity contribution in [1.29, 1.82) is 0 Å². The lowest BCUT2D eigenvalue weighted by Crippen LogP contribution is -2.52. The number of hydrogen-bond acceptors (Lipinski definition) is 8. The third-order valence-corrected chi connectivity index (χ3v) is 4.50. The van der Waals surface area contributed by atoms with Crippen LogP contribution in [0.2, 0.25) is 0 Å². The summed E-state index contributed by atoms with van der Waals surface area (Å²) in [6.07, 6.45) is 1.32. The Labute approximate surface area is 135 Å². The number of rotatable bonds is 5. The number of nitrogens with zero attached hydrogens (tertiary/aromatic N) is 4. The first-order chi connectivity index (χ1) is 11.4. The average molecular weight is 338 g/mol. The quantitative estimate of drug-likeness (QED) is 0.585. The van der Waals surface area contributed by atoms with Gasteiger partial charge in [-0.1, -0.05) is 0 Å². The number of ether oxygens (including phenoxy) is 1. The van der Waals surface area contributed by atoms with E-state index in [0.29, 0.717) is 18.7 Å². The highest BCUT2D eigenvalue weighted by molar-refractivity contribution is 5.65. The smallest absolute Gasteiger partial charge is 0.325 e. The van der Waals surface area contributed by atoms with Gasteiger partial charge in [0.2, 0.25) is 0 Å². The average Bonchev–Trinajstić information content (AvgIpc) is 2.55. The molecular weight excluding hydrogens is 324 g/mol. The molecule has 3 aliphatic rings. The van der Waals surface area contributed by atoms with Crippen molar-refractivity contribution in [3.63, 3.8) is 0 Å². The first-order valence-electron chi connectivity index (χ1n) is 7.37. The molecule has 0 aromatic heterocycles. The summed E-state index contributed by atoms with van der Waals surface area (Å²) < 4.78 is 5.66. The van der Waals surface area contributed by atoms with Crippen LogP contribution in [0.5, 0.6) is 5.75 Å². The summed E-state index contributed by atoms with van der Waals surface area (Å²) in [5, 5.41) is 33.4. The second kappa shape index (κ2) is 6.00. The predicted octanol–water partition coefficient (Wildman–Crippen LogP) is 1.88. The molecule has 128 valence electrons. The largest absolute Gasteiger partial charge is 0.477 e. The number of hydrogen-bond donors (Lipinski definition) is 0. The van der Waals surface area contributed by atoms with Gasteiger partial charge in [-0.3, -0.25) is 35.2 Å². The lowest BCUT2D eigenvalue weighted by molar-refractivity contribution is -0.404. The van der Waals surface area contributed by atoms with Crippen molar-refractivity contribution in [2.45, 2.75) is 18.9 Å². The Morgan fingerprint density at radius 3 is 1.88 bits per heavy atom. The van der Waals surface area contributed by atoms with Gasteiger partial charge < -0.3 is 4.74 Å². The Hall–Kier alpha value is -2.82. The highest BCUT2D eigenvalue weighted by atomic mass is 16.6. The van der Waals surface area contributed by atoms with Crippen molar-refractivity contribution in [3.05, 3.63) is 42.5 Å². The maximum absolute atomic E-state index is 11.2. The summed E-state index contributed by atoms with van der Waals surface area (Å²) in [5.41, 5.74) is -2.23. The Kier molecular flexibility index (Phi) is 4.01. The van der Waals surface area contributed by atoms with Crippen molar-refractivity contribution in [3.8, 4) is 5.75 Å². The van der Waals surface area contributed by atoms with Gasteiger partial charge in [0.25, 0.3) is 11.4 Å². The van der Waals surface area contributed by atoms with Crippen LogP contribution in [-0.2, 0) is 0 Å². The van der Waals surface area contributed by atoms with Crippen LogP contribution >= 0.6 is 0 Å². The van der Waals surface area contributed by atoms with Crippen LogP contribution in [0.1, 0.15) is 12.8 Å². The van der Waals surface area contributed by atoms with Crippen LogP contribution in [0, 0.1) is 36.3 Å². The number of fused-ring (bicyclic) bond motifs is 3. The van der Waals surface area contributed by atoms with Crippen molar-refractivity contribution >= 4 is 17.1 Å². The Bertz CT molecular complexity index is 679. The van der Waals surface area contributed by atoms with E-state index in [1.165, 1.54) is 0 Å². The highest BCUT2D eigenvalue weighted by Gasteiger charge is 2.40. The first-order valence-corrected chi connectivity index (χ1v) is 7.37. The van der Waals surface area contributed by atoms with Crippen molar-refractivity contribution in [2.24, 2.45) is 5.92 Å². The molecule has 3 saturated heterocycles. The van der Waals surface area contributed by atoms with Crippen molar-refractivity contribution < 1.29 is 19.5 Å². The Morgan fingerprint density at radius 2 is 1.50 bits per heavy atom. The standard InChI is InChI=1S/C13H14N4O7/c18-15(19)9-5-10(16(20)21)13(11(6-9)17(22)23)24-12-7-14-3-1-8(12)2-4-14/h5-6,8,12H,1-4,7H2/t12-/m1/s1. The summed E-state index contributed by atoms with van der Waals surface area (Å²) in [6.45, 7) is 2.36. The molecular formula is C13H14N4O7. The van der Waals surface area contributed by atoms with Gasteiger partial charge in [0.1, 0.15) is 6.10 Å². The summed E-state index contributed by atoms with van der Waals surface area (Å²) in [7, 11) is 0. The van der Waals surface area contributed by atoms with Gasteiger partial charge in [-0.25, -0.2) is 0 Å². The second-order valence-corrected chi connectivity index (χ2v) is 5.88. The van der Waals surface area contributed by atoms with E-state index >= 15 is 0 Å². The third-order valence-electron chi connectivity index (χ3n) is 4.50. The van der Waals surface area contributed by atoms with Gasteiger partial charge in [0.05, 0.1) is 26.9 Å². The zero-order chi connectivity index (χ0) is 17.4. The molecule has 11 nitrogen and oxygen atoms in total. The zero-order valence-electron chi connectivity index (χ0n) is 12.5. The van der Waals surface area contributed by atoms with E-state index in [1.54, 1.807) is 0 Å². The molecule has 0 amide bonds. The van der Waals surface area contributed by atoms with Gasteiger partial charge in [-0.15, -0.1) is 0 Å². The van der Waals surface area contributed by atoms with Gasteiger partial charge in [0, 0.05) is 6.54 Å². The van der Waals surface area contributed by atoms with Gasteiger partial charge in [0.15, 0.2) is 0 Å². The van der Waals surface area contributed by atoms with Crippen LogP contribution in [0.25, 0.3) is 0 Å². The third kappa shape index (κ3) is 2.85. The molecule has 11 heteroatoms. The number of benzene rings is 1. The van der Waals surface area contributed by atoms with Crippen LogP contribution in [0.3, 0.4) is 0 Å². The normalized spacial score (nSPS) is 25.2. The van der Waals surface area contributed by atoms with Crippen LogP contribution in [0.15, 0.2) is 12.1 Å². The van der Waals surface area contributed by atoms with E-state index in [1.807, 2.05) is 0 Å². The fraction of sp³-hybridized carbons (Fsp3) is 0.538. The van der Waals surface area contributed by atoms with E-state index in [4.69, 9.17) is 4.74 Å².